The number of nitrogens with one attached hydrogen (secondary N) is 2. The van der Waals surface area contributed by atoms with Crippen LogP contribution in [0.2, 0.25) is 0 Å². The summed E-state index contributed by atoms with van der Waals surface area (Å²) in [5.74, 6) is -0.742. The molecule has 2 amide bonds. The zero-order chi connectivity index (χ0) is 23.3. The lowest BCUT2D eigenvalue weighted by molar-refractivity contribution is -0.116. The Labute approximate surface area is 188 Å². The number of carbonyl (C=O) groups excluding carboxylic acids is 2. The summed E-state index contributed by atoms with van der Waals surface area (Å²) in [6.07, 6.45) is 2.24. The van der Waals surface area contributed by atoms with Crippen LogP contribution >= 0.6 is 0 Å². The zero-order valence-corrected chi connectivity index (χ0v) is 18.7. The SMILES string of the molecule is CC(C)(C)OC(=O)NC1CC1c1ccc(NC(=O)CCCc2ccc(C(=O)O)cc2)cc1. The van der Waals surface area contributed by atoms with E-state index in [9.17, 15) is 14.4 Å². The maximum atomic E-state index is 12.2. The molecule has 0 aliphatic heterocycles. The van der Waals surface area contributed by atoms with Gasteiger partial charge in [-0.05, 0) is 75.4 Å². The van der Waals surface area contributed by atoms with Crippen molar-refractivity contribution in [3.8, 4) is 0 Å². The maximum absolute atomic E-state index is 12.2. The number of carbonyl (C=O) groups is 3. The van der Waals surface area contributed by atoms with Gasteiger partial charge in [-0.15, -0.1) is 0 Å². The highest BCUT2D eigenvalue weighted by atomic mass is 16.6. The van der Waals surface area contributed by atoms with Gasteiger partial charge in [0.1, 0.15) is 5.60 Å². The van der Waals surface area contributed by atoms with E-state index >= 15 is 0 Å². The van der Waals surface area contributed by atoms with Crippen molar-refractivity contribution in [2.24, 2.45) is 0 Å². The third-order valence-electron chi connectivity index (χ3n) is 5.19. The third kappa shape index (κ3) is 7.11. The minimum atomic E-state index is -0.946. The van der Waals surface area contributed by atoms with Gasteiger partial charge in [-0.25, -0.2) is 9.59 Å². The molecule has 0 bridgehead atoms. The van der Waals surface area contributed by atoms with Gasteiger partial charge >= 0.3 is 12.1 Å². The Hall–Kier alpha value is -3.35. The number of alkyl carbamates (subject to hydrolysis) is 1. The molecule has 0 aromatic heterocycles. The predicted molar refractivity (Wildman–Crippen MR) is 122 cm³/mol. The second kappa shape index (κ2) is 9.85. The Kier molecular flexibility index (Phi) is 7.18. The number of carboxylic acid groups (broad SMARTS) is 1. The van der Waals surface area contributed by atoms with Gasteiger partial charge in [0.25, 0.3) is 0 Å². The molecule has 1 saturated carbocycles. The molecule has 3 rings (SSSR count). The topological polar surface area (TPSA) is 105 Å². The van der Waals surface area contributed by atoms with E-state index in [2.05, 4.69) is 10.6 Å². The van der Waals surface area contributed by atoms with Crippen LogP contribution < -0.4 is 10.6 Å². The third-order valence-corrected chi connectivity index (χ3v) is 5.19. The lowest BCUT2D eigenvalue weighted by atomic mass is 10.1. The predicted octanol–water partition coefficient (Wildman–Crippen LogP) is 4.73. The van der Waals surface area contributed by atoms with E-state index in [0.29, 0.717) is 19.3 Å². The van der Waals surface area contributed by atoms with Crippen LogP contribution in [0.5, 0.6) is 0 Å². The summed E-state index contributed by atoms with van der Waals surface area (Å²) < 4.78 is 5.29. The Morgan fingerprint density at radius 2 is 1.69 bits per heavy atom. The number of amides is 2. The van der Waals surface area contributed by atoms with Crippen molar-refractivity contribution in [1.29, 1.82) is 0 Å². The lowest BCUT2D eigenvalue weighted by Gasteiger charge is -2.19. The van der Waals surface area contributed by atoms with Crippen LogP contribution in [0.4, 0.5) is 10.5 Å². The van der Waals surface area contributed by atoms with Gasteiger partial charge in [-0.3, -0.25) is 4.79 Å². The Balaban J connectivity index is 1.39. The largest absolute Gasteiger partial charge is 0.478 e. The minimum Gasteiger partial charge on any atom is -0.478 e. The standard InChI is InChI=1S/C25H30N2O5/c1-25(2,3)32-24(31)27-21-15-20(21)17-11-13-19(14-12-17)26-22(28)6-4-5-16-7-9-18(10-8-16)23(29)30/h7-14,20-21H,4-6,15H2,1-3H3,(H,26,28)(H,27,31)(H,29,30). The molecule has 170 valence electrons. The summed E-state index contributed by atoms with van der Waals surface area (Å²) in [6.45, 7) is 5.51. The first-order valence-electron chi connectivity index (χ1n) is 10.8. The van der Waals surface area contributed by atoms with Gasteiger partial charge < -0.3 is 20.5 Å². The molecule has 2 atom stereocenters. The number of aryl methyl sites for hydroxylation is 1. The van der Waals surface area contributed by atoms with Crippen LogP contribution in [0.3, 0.4) is 0 Å². The van der Waals surface area contributed by atoms with Gasteiger partial charge in [0.2, 0.25) is 5.91 Å². The number of anilines is 1. The Morgan fingerprint density at radius 3 is 2.28 bits per heavy atom. The summed E-state index contributed by atoms with van der Waals surface area (Å²) in [5, 5.41) is 14.7. The van der Waals surface area contributed by atoms with Gasteiger partial charge in [0.15, 0.2) is 0 Å². The minimum absolute atomic E-state index is 0.0594. The molecule has 0 radical (unpaired) electrons. The molecule has 2 aromatic rings. The molecule has 0 heterocycles. The van der Waals surface area contributed by atoms with E-state index in [-0.39, 0.29) is 23.4 Å². The Morgan fingerprint density at radius 1 is 1.03 bits per heavy atom. The molecular formula is C25H30N2O5. The molecule has 0 spiro atoms. The highest BCUT2D eigenvalue weighted by Gasteiger charge is 2.40. The number of rotatable bonds is 8. The van der Waals surface area contributed by atoms with Crippen LogP contribution in [0.15, 0.2) is 48.5 Å². The zero-order valence-electron chi connectivity index (χ0n) is 18.7. The van der Waals surface area contributed by atoms with E-state index in [0.717, 1.165) is 23.2 Å². The van der Waals surface area contributed by atoms with Gasteiger partial charge in [0.05, 0.1) is 5.56 Å². The summed E-state index contributed by atoms with van der Waals surface area (Å²) in [7, 11) is 0. The van der Waals surface area contributed by atoms with Gasteiger partial charge in [-0.1, -0.05) is 24.3 Å². The van der Waals surface area contributed by atoms with E-state index in [1.165, 1.54) is 0 Å². The first-order chi connectivity index (χ1) is 15.1. The van der Waals surface area contributed by atoms with Crippen molar-refractivity contribution < 1.29 is 24.2 Å². The molecule has 2 aromatic carbocycles. The second-order valence-corrected chi connectivity index (χ2v) is 9.12. The molecule has 7 heteroatoms. The summed E-state index contributed by atoms with van der Waals surface area (Å²) in [6, 6.07) is 14.5. The molecule has 1 fully saturated rings. The molecule has 3 N–H and O–H groups in total. The van der Waals surface area contributed by atoms with Crippen molar-refractivity contribution in [3.05, 3.63) is 65.2 Å². The van der Waals surface area contributed by atoms with Gasteiger partial charge in [-0.2, -0.15) is 0 Å². The number of hydrogen-bond acceptors (Lipinski definition) is 4. The van der Waals surface area contributed by atoms with Crippen molar-refractivity contribution in [3.63, 3.8) is 0 Å². The molecule has 2 unspecified atom stereocenters. The van der Waals surface area contributed by atoms with Gasteiger partial charge in [0, 0.05) is 24.1 Å². The quantitative estimate of drug-likeness (QED) is 0.553. The smallest absolute Gasteiger partial charge is 0.407 e. The lowest BCUT2D eigenvalue weighted by Crippen LogP contribution is -2.34. The fourth-order valence-corrected chi connectivity index (χ4v) is 3.49. The van der Waals surface area contributed by atoms with Crippen LogP contribution in [-0.4, -0.2) is 34.7 Å². The number of benzene rings is 2. The molecule has 32 heavy (non-hydrogen) atoms. The van der Waals surface area contributed by atoms with Crippen molar-refractivity contribution in [1.82, 2.24) is 5.32 Å². The van der Waals surface area contributed by atoms with E-state index in [1.807, 2.05) is 45.0 Å². The highest BCUT2D eigenvalue weighted by molar-refractivity contribution is 5.90. The summed E-state index contributed by atoms with van der Waals surface area (Å²) >= 11 is 0. The number of hydrogen-bond donors (Lipinski definition) is 3. The maximum Gasteiger partial charge on any atom is 0.407 e. The number of aromatic carboxylic acids is 1. The average Bonchev–Trinajstić information content (AvgIpc) is 3.46. The van der Waals surface area contributed by atoms with Crippen molar-refractivity contribution in [2.75, 3.05) is 5.32 Å². The highest BCUT2D eigenvalue weighted by Crippen LogP contribution is 2.41. The number of ether oxygens (including phenoxy) is 1. The van der Waals surface area contributed by atoms with Crippen molar-refractivity contribution in [2.45, 2.75) is 64.0 Å². The molecular weight excluding hydrogens is 408 g/mol. The summed E-state index contributed by atoms with van der Waals surface area (Å²) in [4.78, 5) is 35.0. The molecule has 1 aliphatic carbocycles. The fraction of sp³-hybridized carbons (Fsp3) is 0.400. The Bertz CT molecular complexity index is 961. The van der Waals surface area contributed by atoms with Crippen LogP contribution in [0, 0.1) is 0 Å². The average molecular weight is 439 g/mol. The van der Waals surface area contributed by atoms with Crippen molar-refractivity contribution >= 4 is 23.7 Å². The van der Waals surface area contributed by atoms with E-state index in [1.54, 1.807) is 24.3 Å². The van der Waals surface area contributed by atoms with Crippen LogP contribution in [0.1, 0.15) is 67.4 Å². The molecule has 7 nitrogen and oxygen atoms in total. The first-order valence-corrected chi connectivity index (χ1v) is 10.8. The monoisotopic (exact) mass is 438 g/mol. The second-order valence-electron chi connectivity index (χ2n) is 9.12. The van der Waals surface area contributed by atoms with Crippen LogP contribution in [-0.2, 0) is 16.0 Å². The first kappa shape index (κ1) is 23.3. The molecule has 0 saturated heterocycles. The van der Waals surface area contributed by atoms with E-state index in [4.69, 9.17) is 9.84 Å². The van der Waals surface area contributed by atoms with E-state index < -0.39 is 17.7 Å². The normalized spacial score (nSPS) is 17.3. The number of carboxylic acids is 1. The van der Waals surface area contributed by atoms with Crippen LogP contribution in [0.25, 0.3) is 0 Å². The summed E-state index contributed by atoms with van der Waals surface area (Å²) in [5.41, 5.74) is 2.61. The fourth-order valence-electron chi connectivity index (χ4n) is 3.49. The molecule has 1 aliphatic rings.